The Labute approximate surface area is 112 Å². The summed E-state index contributed by atoms with van der Waals surface area (Å²) >= 11 is 1.13. The first-order valence-electron chi connectivity index (χ1n) is 5.75. The van der Waals surface area contributed by atoms with E-state index in [4.69, 9.17) is 4.74 Å². The topological polar surface area (TPSA) is 72.5 Å². The van der Waals surface area contributed by atoms with Crippen molar-refractivity contribution in [1.82, 2.24) is 5.32 Å². The fourth-order valence-electron chi connectivity index (χ4n) is 1.15. The molecule has 104 valence electrons. The number of amides is 1. The summed E-state index contributed by atoms with van der Waals surface area (Å²) in [6.07, 6.45) is -0.200. The summed E-state index contributed by atoms with van der Waals surface area (Å²) in [4.78, 5) is 33.6. The SMILES string of the molecule is CC(=O)SCCC(NC(=O)OC(C)(C)C)C(C)=O. The number of alkyl carbamates (subject to hydrolysis) is 1. The van der Waals surface area contributed by atoms with E-state index in [0.717, 1.165) is 11.8 Å². The number of hydrogen-bond acceptors (Lipinski definition) is 5. The summed E-state index contributed by atoms with van der Waals surface area (Å²) in [7, 11) is 0. The molecule has 0 radical (unpaired) electrons. The zero-order chi connectivity index (χ0) is 14.3. The molecular weight excluding hydrogens is 254 g/mol. The molecule has 0 saturated heterocycles. The van der Waals surface area contributed by atoms with Gasteiger partial charge in [-0.15, -0.1) is 0 Å². The van der Waals surface area contributed by atoms with E-state index in [9.17, 15) is 14.4 Å². The van der Waals surface area contributed by atoms with Gasteiger partial charge in [-0.25, -0.2) is 4.79 Å². The van der Waals surface area contributed by atoms with Gasteiger partial charge in [-0.2, -0.15) is 0 Å². The molecule has 0 fully saturated rings. The molecule has 0 aliphatic heterocycles. The van der Waals surface area contributed by atoms with Gasteiger partial charge in [0.05, 0.1) is 6.04 Å². The van der Waals surface area contributed by atoms with Crippen LogP contribution in [0.15, 0.2) is 0 Å². The number of ketones is 1. The first-order chi connectivity index (χ1) is 8.11. The highest BCUT2D eigenvalue weighted by molar-refractivity contribution is 8.13. The molecule has 0 saturated carbocycles. The normalized spacial score (nSPS) is 12.7. The van der Waals surface area contributed by atoms with E-state index in [1.54, 1.807) is 20.8 Å². The molecule has 0 aliphatic carbocycles. The van der Waals surface area contributed by atoms with Crippen LogP contribution in [0.5, 0.6) is 0 Å². The van der Waals surface area contributed by atoms with Crippen molar-refractivity contribution in [2.75, 3.05) is 5.75 Å². The first-order valence-corrected chi connectivity index (χ1v) is 6.73. The maximum Gasteiger partial charge on any atom is 0.408 e. The second-order valence-electron chi connectivity index (χ2n) is 4.94. The highest BCUT2D eigenvalue weighted by atomic mass is 32.2. The Hall–Kier alpha value is -1.04. The summed E-state index contributed by atoms with van der Waals surface area (Å²) in [6.45, 7) is 8.12. The van der Waals surface area contributed by atoms with Gasteiger partial charge < -0.3 is 10.1 Å². The minimum absolute atomic E-state index is 0.00503. The Kier molecular flexibility index (Phi) is 6.98. The van der Waals surface area contributed by atoms with Crippen LogP contribution >= 0.6 is 11.8 Å². The van der Waals surface area contributed by atoms with Gasteiger partial charge in [0.2, 0.25) is 0 Å². The summed E-state index contributed by atoms with van der Waals surface area (Å²) < 4.78 is 5.07. The molecule has 6 heteroatoms. The van der Waals surface area contributed by atoms with Crippen LogP contribution in [0.1, 0.15) is 41.0 Å². The van der Waals surface area contributed by atoms with Crippen molar-refractivity contribution in [2.45, 2.75) is 52.7 Å². The van der Waals surface area contributed by atoms with Crippen molar-refractivity contribution in [2.24, 2.45) is 0 Å². The summed E-state index contributed by atoms with van der Waals surface area (Å²) in [5.74, 6) is 0.347. The fourth-order valence-corrected chi connectivity index (χ4v) is 1.79. The number of carbonyl (C=O) groups excluding carboxylic acids is 3. The summed E-state index contributed by atoms with van der Waals surface area (Å²) in [5.41, 5.74) is -0.598. The highest BCUT2D eigenvalue weighted by Crippen LogP contribution is 2.09. The van der Waals surface area contributed by atoms with Crippen LogP contribution < -0.4 is 5.32 Å². The number of carbonyl (C=O) groups is 3. The minimum atomic E-state index is -0.615. The van der Waals surface area contributed by atoms with Crippen molar-refractivity contribution in [3.63, 3.8) is 0 Å². The van der Waals surface area contributed by atoms with Crippen LogP contribution in [0.2, 0.25) is 0 Å². The van der Waals surface area contributed by atoms with Crippen LogP contribution in [-0.2, 0) is 14.3 Å². The predicted molar refractivity (Wildman–Crippen MR) is 71.6 cm³/mol. The van der Waals surface area contributed by atoms with Crippen LogP contribution in [-0.4, -0.2) is 34.4 Å². The van der Waals surface area contributed by atoms with Gasteiger partial charge in [-0.05, 0) is 34.1 Å². The number of Topliss-reactive ketones (excluding diaryl/α,β-unsaturated/α-hetero) is 1. The molecule has 1 atom stereocenters. The van der Waals surface area contributed by atoms with Crippen LogP contribution in [0, 0.1) is 0 Å². The Morgan fingerprint density at radius 3 is 2.17 bits per heavy atom. The number of thioether (sulfide) groups is 1. The predicted octanol–water partition coefficient (Wildman–Crippen LogP) is 2.14. The van der Waals surface area contributed by atoms with Crippen molar-refractivity contribution >= 4 is 28.8 Å². The smallest absolute Gasteiger partial charge is 0.408 e. The van der Waals surface area contributed by atoms with Gasteiger partial charge in [-0.1, -0.05) is 11.8 Å². The van der Waals surface area contributed by atoms with E-state index < -0.39 is 17.7 Å². The molecule has 0 aromatic carbocycles. The van der Waals surface area contributed by atoms with Gasteiger partial charge >= 0.3 is 6.09 Å². The van der Waals surface area contributed by atoms with Crippen molar-refractivity contribution in [1.29, 1.82) is 0 Å². The van der Waals surface area contributed by atoms with Gasteiger partial charge in [0.15, 0.2) is 10.9 Å². The molecule has 0 aliphatic rings. The maximum atomic E-state index is 11.5. The average molecular weight is 275 g/mol. The van der Waals surface area contributed by atoms with Crippen LogP contribution in [0.4, 0.5) is 4.79 Å². The first kappa shape index (κ1) is 17.0. The molecule has 0 heterocycles. The molecule has 1 N–H and O–H groups in total. The standard InChI is InChI=1S/C12H21NO4S/c1-8(14)10(6-7-18-9(2)15)13-11(16)17-12(3,4)5/h10H,6-7H2,1-5H3,(H,13,16). The summed E-state index contributed by atoms with van der Waals surface area (Å²) in [6, 6.07) is -0.605. The zero-order valence-electron chi connectivity index (χ0n) is 11.5. The maximum absolute atomic E-state index is 11.5. The Morgan fingerprint density at radius 1 is 1.22 bits per heavy atom. The molecule has 0 bridgehead atoms. The van der Waals surface area contributed by atoms with Crippen molar-refractivity contribution < 1.29 is 19.1 Å². The zero-order valence-corrected chi connectivity index (χ0v) is 12.3. The molecule has 0 rings (SSSR count). The largest absolute Gasteiger partial charge is 0.444 e. The summed E-state index contributed by atoms with van der Waals surface area (Å²) in [5, 5.41) is 2.51. The average Bonchev–Trinajstić information content (AvgIpc) is 2.12. The quantitative estimate of drug-likeness (QED) is 0.832. The van der Waals surface area contributed by atoms with Gasteiger partial charge in [-0.3, -0.25) is 9.59 Å². The van der Waals surface area contributed by atoms with Gasteiger partial charge in [0, 0.05) is 12.7 Å². The van der Waals surface area contributed by atoms with Crippen LogP contribution in [0.25, 0.3) is 0 Å². The lowest BCUT2D eigenvalue weighted by Gasteiger charge is -2.22. The molecule has 0 spiro atoms. The lowest BCUT2D eigenvalue weighted by molar-refractivity contribution is -0.119. The second-order valence-corrected chi connectivity index (χ2v) is 6.21. The molecule has 0 aromatic heterocycles. The van der Waals surface area contributed by atoms with Crippen molar-refractivity contribution in [3.8, 4) is 0 Å². The number of hydrogen-bond donors (Lipinski definition) is 1. The number of rotatable bonds is 5. The molecule has 1 unspecified atom stereocenters. The lowest BCUT2D eigenvalue weighted by atomic mass is 10.1. The third-order valence-corrected chi connectivity index (χ3v) is 2.74. The Bertz CT molecular complexity index is 323. The number of nitrogens with one attached hydrogen (secondary N) is 1. The minimum Gasteiger partial charge on any atom is -0.444 e. The Balaban J connectivity index is 4.23. The van der Waals surface area contributed by atoms with Crippen LogP contribution in [0.3, 0.4) is 0 Å². The molecular formula is C12H21NO4S. The molecule has 0 aromatic rings. The van der Waals surface area contributed by atoms with Gasteiger partial charge in [0.1, 0.15) is 5.60 Å². The van der Waals surface area contributed by atoms with E-state index in [0.29, 0.717) is 12.2 Å². The molecule has 5 nitrogen and oxygen atoms in total. The van der Waals surface area contributed by atoms with E-state index in [-0.39, 0.29) is 10.9 Å². The number of ether oxygens (including phenoxy) is 1. The fraction of sp³-hybridized carbons (Fsp3) is 0.750. The van der Waals surface area contributed by atoms with E-state index in [1.807, 2.05) is 0 Å². The third-order valence-electron chi connectivity index (χ3n) is 1.89. The monoisotopic (exact) mass is 275 g/mol. The van der Waals surface area contributed by atoms with Gasteiger partial charge in [0.25, 0.3) is 0 Å². The van der Waals surface area contributed by atoms with E-state index >= 15 is 0 Å². The van der Waals surface area contributed by atoms with E-state index in [1.165, 1.54) is 13.8 Å². The van der Waals surface area contributed by atoms with Crippen molar-refractivity contribution in [3.05, 3.63) is 0 Å². The highest BCUT2D eigenvalue weighted by Gasteiger charge is 2.21. The molecule has 18 heavy (non-hydrogen) atoms. The Morgan fingerprint density at radius 2 is 1.78 bits per heavy atom. The van der Waals surface area contributed by atoms with E-state index in [2.05, 4.69) is 5.32 Å². The third kappa shape index (κ3) is 9.04. The molecule has 1 amide bonds. The second kappa shape index (κ2) is 7.41. The lowest BCUT2D eigenvalue weighted by Crippen LogP contribution is -2.43.